The maximum Gasteiger partial charge on any atom is 0.488 e. The van der Waals surface area contributed by atoms with Crippen LogP contribution < -0.4 is 5.46 Å². The summed E-state index contributed by atoms with van der Waals surface area (Å²) in [5.74, 6) is -0.754. The number of hydrogen-bond acceptors (Lipinski definition) is 4. The highest BCUT2D eigenvalue weighted by molar-refractivity contribution is 6.58. The summed E-state index contributed by atoms with van der Waals surface area (Å²) in [4.78, 5) is 12.3. The summed E-state index contributed by atoms with van der Waals surface area (Å²) >= 11 is 0. The number of benzene rings is 1. The van der Waals surface area contributed by atoms with Gasteiger partial charge in [-0.2, -0.15) is 0 Å². The number of carbonyl (C=O) groups is 1. The van der Waals surface area contributed by atoms with Crippen LogP contribution in [0.2, 0.25) is 0 Å². The zero-order valence-corrected chi connectivity index (χ0v) is 10.2. The SMILES string of the molecule is CCN(C)C.O=Cc1ccc(B(O)O)cc1F. The normalized spacial score (nSPS) is 9.59. The number of carbonyl (C=O) groups excluding carboxylic acids is 1. The molecule has 1 rings (SSSR count). The van der Waals surface area contributed by atoms with Gasteiger partial charge in [0, 0.05) is 5.56 Å². The lowest BCUT2D eigenvalue weighted by molar-refractivity contribution is 0.112. The third-order valence-corrected chi connectivity index (χ3v) is 2.08. The van der Waals surface area contributed by atoms with Crippen LogP contribution in [0, 0.1) is 5.82 Å². The zero-order chi connectivity index (χ0) is 13.4. The molecule has 0 fully saturated rings. The van der Waals surface area contributed by atoms with Gasteiger partial charge in [-0.05, 0) is 38.2 Å². The smallest absolute Gasteiger partial charge is 0.423 e. The molecule has 0 saturated carbocycles. The molecule has 1 aromatic carbocycles. The second-order valence-corrected chi connectivity index (χ2v) is 3.67. The molecular weight excluding hydrogens is 224 g/mol. The number of halogens is 1. The molecule has 1 aromatic rings. The molecule has 0 bridgehead atoms. The van der Waals surface area contributed by atoms with E-state index in [1.165, 1.54) is 12.1 Å². The molecule has 0 spiro atoms. The molecule has 4 nitrogen and oxygen atoms in total. The van der Waals surface area contributed by atoms with Gasteiger partial charge in [0.1, 0.15) is 5.82 Å². The van der Waals surface area contributed by atoms with Crippen LogP contribution in [0.3, 0.4) is 0 Å². The van der Waals surface area contributed by atoms with Crippen molar-refractivity contribution in [3.63, 3.8) is 0 Å². The Morgan fingerprint density at radius 3 is 2.24 bits per heavy atom. The first-order chi connectivity index (χ1) is 7.92. The van der Waals surface area contributed by atoms with E-state index in [0.717, 1.165) is 12.6 Å². The van der Waals surface area contributed by atoms with Crippen molar-refractivity contribution in [3.8, 4) is 0 Å². The molecule has 6 heteroatoms. The maximum atomic E-state index is 12.8. The first kappa shape index (κ1) is 15.8. The number of rotatable bonds is 3. The van der Waals surface area contributed by atoms with E-state index in [0.29, 0.717) is 6.29 Å². The third-order valence-electron chi connectivity index (χ3n) is 2.08. The van der Waals surface area contributed by atoms with Crippen LogP contribution in [0.15, 0.2) is 18.2 Å². The van der Waals surface area contributed by atoms with Crippen LogP contribution in [0.5, 0.6) is 0 Å². The van der Waals surface area contributed by atoms with E-state index >= 15 is 0 Å². The molecular formula is C11H17BFNO3. The topological polar surface area (TPSA) is 60.8 Å². The molecule has 0 aliphatic heterocycles. The molecule has 2 N–H and O–H groups in total. The molecule has 0 heterocycles. The fraction of sp³-hybridized carbons (Fsp3) is 0.364. The molecule has 0 amide bonds. The third kappa shape index (κ3) is 6.16. The summed E-state index contributed by atoms with van der Waals surface area (Å²) in [5, 5.41) is 17.2. The summed E-state index contributed by atoms with van der Waals surface area (Å²) in [5.41, 5.74) is -0.0718. The molecule has 0 aliphatic rings. The minimum atomic E-state index is -1.71. The van der Waals surface area contributed by atoms with E-state index in [9.17, 15) is 9.18 Å². The van der Waals surface area contributed by atoms with Gasteiger partial charge in [0.25, 0.3) is 0 Å². The van der Waals surface area contributed by atoms with E-state index in [1.807, 2.05) is 0 Å². The molecule has 0 atom stereocenters. The number of nitrogens with zero attached hydrogens (tertiary/aromatic N) is 1. The minimum Gasteiger partial charge on any atom is -0.423 e. The van der Waals surface area contributed by atoms with E-state index in [-0.39, 0.29) is 11.0 Å². The first-order valence-corrected chi connectivity index (χ1v) is 5.17. The summed E-state index contributed by atoms with van der Waals surface area (Å²) < 4.78 is 12.8. The minimum absolute atomic E-state index is 0.0260. The molecule has 0 radical (unpaired) electrons. The standard InChI is InChI=1S/C7H6BFO3.C4H11N/c9-7-3-6(8(11)12)2-1-5(7)4-10;1-4-5(2)3/h1-4,11-12H;4H2,1-3H3. The van der Waals surface area contributed by atoms with Gasteiger partial charge >= 0.3 is 7.12 Å². The van der Waals surface area contributed by atoms with Gasteiger partial charge in [-0.3, -0.25) is 4.79 Å². The van der Waals surface area contributed by atoms with Crippen molar-refractivity contribution in [3.05, 3.63) is 29.6 Å². The van der Waals surface area contributed by atoms with Gasteiger partial charge < -0.3 is 14.9 Å². The molecule has 0 saturated heterocycles. The largest absolute Gasteiger partial charge is 0.488 e. The maximum absolute atomic E-state index is 12.8. The van der Waals surface area contributed by atoms with E-state index in [1.54, 1.807) is 0 Å². The second kappa shape index (κ2) is 7.94. The monoisotopic (exact) mass is 241 g/mol. The Hall–Kier alpha value is -1.24. The summed E-state index contributed by atoms with van der Waals surface area (Å²) in [6, 6.07) is 3.38. The average Bonchev–Trinajstić information content (AvgIpc) is 2.29. The Morgan fingerprint density at radius 1 is 1.41 bits per heavy atom. The van der Waals surface area contributed by atoms with E-state index in [2.05, 4.69) is 25.9 Å². The lowest BCUT2D eigenvalue weighted by atomic mass is 9.80. The second-order valence-electron chi connectivity index (χ2n) is 3.67. The van der Waals surface area contributed by atoms with Crippen LogP contribution >= 0.6 is 0 Å². The molecule has 0 unspecified atom stereocenters. The van der Waals surface area contributed by atoms with E-state index < -0.39 is 12.9 Å². The van der Waals surface area contributed by atoms with Crippen LogP contribution in [-0.4, -0.2) is 49.0 Å². The van der Waals surface area contributed by atoms with E-state index in [4.69, 9.17) is 10.0 Å². The molecule has 0 aliphatic carbocycles. The van der Waals surface area contributed by atoms with Crippen molar-refractivity contribution in [2.24, 2.45) is 0 Å². The van der Waals surface area contributed by atoms with Gasteiger partial charge in [0.05, 0.1) is 0 Å². The van der Waals surface area contributed by atoms with Crippen molar-refractivity contribution in [2.75, 3.05) is 20.6 Å². The Balaban J connectivity index is 0.000000437. The van der Waals surface area contributed by atoms with Crippen LogP contribution in [-0.2, 0) is 0 Å². The zero-order valence-electron chi connectivity index (χ0n) is 10.2. The number of aldehydes is 1. The predicted octanol–water partition coefficient (Wildman–Crippen LogP) is -0.114. The Morgan fingerprint density at radius 2 is 1.94 bits per heavy atom. The number of hydrogen-bond donors (Lipinski definition) is 2. The van der Waals surface area contributed by atoms with Crippen molar-refractivity contribution >= 4 is 18.9 Å². The lowest BCUT2D eigenvalue weighted by Crippen LogP contribution is -2.30. The van der Waals surface area contributed by atoms with Crippen LogP contribution in [0.1, 0.15) is 17.3 Å². The van der Waals surface area contributed by atoms with Gasteiger partial charge in [0.15, 0.2) is 6.29 Å². The first-order valence-electron chi connectivity index (χ1n) is 5.17. The van der Waals surface area contributed by atoms with Gasteiger partial charge in [0.2, 0.25) is 0 Å². The average molecular weight is 241 g/mol. The Bertz CT molecular complexity index is 359. The fourth-order valence-corrected chi connectivity index (χ4v) is 0.800. The van der Waals surface area contributed by atoms with Crippen LogP contribution in [0.4, 0.5) is 4.39 Å². The van der Waals surface area contributed by atoms with Gasteiger partial charge in [-0.15, -0.1) is 0 Å². The van der Waals surface area contributed by atoms with Crippen molar-refractivity contribution < 1.29 is 19.2 Å². The highest BCUT2D eigenvalue weighted by Crippen LogP contribution is 2.01. The van der Waals surface area contributed by atoms with Crippen molar-refractivity contribution in [2.45, 2.75) is 6.92 Å². The quantitative estimate of drug-likeness (QED) is 0.572. The molecule has 0 aromatic heterocycles. The van der Waals surface area contributed by atoms with Gasteiger partial charge in [-0.1, -0.05) is 13.0 Å². The Labute approximate surface area is 101 Å². The van der Waals surface area contributed by atoms with Crippen molar-refractivity contribution in [1.29, 1.82) is 0 Å². The van der Waals surface area contributed by atoms with Gasteiger partial charge in [-0.25, -0.2) is 4.39 Å². The summed E-state index contributed by atoms with van der Waals surface area (Å²) in [6.07, 6.45) is 0.364. The highest BCUT2D eigenvalue weighted by atomic mass is 19.1. The van der Waals surface area contributed by atoms with Crippen molar-refractivity contribution in [1.82, 2.24) is 4.90 Å². The summed E-state index contributed by atoms with van der Waals surface area (Å²) in [6.45, 7) is 3.26. The highest BCUT2D eigenvalue weighted by Gasteiger charge is 2.12. The summed E-state index contributed by atoms with van der Waals surface area (Å²) in [7, 11) is 2.40. The van der Waals surface area contributed by atoms with Crippen LogP contribution in [0.25, 0.3) is 0 Å². The molecule has 17 heavy (non-hydrogen) atoms. The molecule has 94 valence electrons. The lowest BCUT2D eigenvalue weighted by Gasteiger charge is -2.00. The predicted molar refractivity (Wildman–Crippen MR) is 65.8 cm³/mol. The fourth-order valence-electron chi connectivity index (χ4n) is 0.800. The Kier molecular flexibility index (Phi) is 7.37.